The van der Waals surface area contributed by atoms with Crippen LogP contribution < -0.4 is 0 Å². The van der Waals surface area contributed by atoms with Crippen molar-refractivity contribution >= 4 is 9.24 Å². The standard InChI is InChI=1S/C16H19P/c1-13(2)16(17,14-9-5-3-6-10-14)15-11-7-4-8-12-15/h3-13H,17H2,1-2H3. The van der Waals surface area contributed by atoms with Crippen molar-refractivity contribution in [3.8, 4) is 0 Å². The lowest BCUT2D eigenvalue weighted by atomic mass is 9.81. The molecule has 0 amide bonds. The molecule has 0 saturated heterocycles. The van der Waals surface area contributed by atoms with Crippen LogP contribution in [0.25, 0.3) is 0 Å². The lowest BCUT2D eigenvalue weighted by molar-refractivity contribution is 0.516. The summed E-state index contributed by atoms with van der Waals surface area (Å²) in [5, 5.41) is 0.00250. The average molecular weight is 242 g/mol. The normalized spacial score (nSPS) is 11.8. The van der Waals surface area contributed by atoms with Crippen LogP contribution in [0.2, 0.25) is 0 Å². The molecule has 1 atom stereocenters. The van der Waals surface area contributed by atoms with E-state index in [9.17, 15) is 0 Å². The topological polar surface area (TPSA) is 0 Å². The first-order valence-corrected chi connectivity index (χ1v) is 6.63. The van der Waals surface area contributed by atoms with Gasteiger partial charge in [0, 0.05) is 5.16 Å². The molecule has 0 nitrogen and oxygen atoms in total. The smallest absolute Gasteiger partial charge is 0.0367 e. The van der Waals surface area contributed by atoms with Crippen LogP contribution >= 0.6 is 9.24 Å². The fraction of sp³-hybridized carbons (Fsp3) is 0.250. The Labute approximate surface area is 106 Å². The monoisotopic (exact) mass is 242 g/mol. The zero-order chi connectivity index (χ0) is 12.3. The Morgan fingerprint density at radius 2 is 1.12 bits per heavy atom. The zero-order valence-electron chi connectivity index (χ0n) is 10.4. The van der Waals surface area contributed by atoms with E-state index in [1.165, 1.54) is 11.1 Å². The third-order valence-electron chi connectivity index (χ3n) is 3.41. The van der Waals surface area contributed by atoms with E-state index in [0.717, 1.165) is 0 Å². The minimum Gasteiger partial charge on any atom is -0.121 e. The van der Waals surface area contributed by atoms with Crippen molar-refractivity contribution in [2.24, 2.45) is 5.92 Å². The molecule has 0 bridgehead atoms. The fourth-order valence-electron chi connectivity index (χ4n) is 2.26. The lowest BCUT2D eigenvalue weighted by Crippen LogP contribution is -2.26. The van der Waals surface area contributed by atoms with Crippen molar-refractivity contribution in [3.63, 3.8) is 0 Å². The molecule has 0 radical (unpaired) electrons. The second-order valence-corrected chi connectivity index (χ2v) is 5.67. The Balaban J connectivity index is 2.55. The maximum atomic E-state index is 3.06. The predicted octanol–water partition coefficient (Wildman–Crippen LogP) is 4.46. The summed E-state index contributed by atoms with van der Waals surface area (Å²) in [6, 6.07) is 21.4. The highest BCUT2D eigenvalue weighted by Gasteiger charge is 2.32. The molecule has 0 heterocycles. The Kier molecular flexibility index (Phi) is 3.64. The molecule has 2 aromatic carbocycles. The second-order valence-electron chi connectivity index (χ2n) is 4.76. The largest absolute Gasteiger partial charge is 0.121 e. The minimum absolute atomic E-state index is 0.00250. The molecular weight excluding hydrogens is 223 g/mol. The second kappa shape index (κ2) is 5.02. The molecule has 0 saturated carbocycles. The van der Waals surface area contributed by atoms with Gasteiger partial charge in [0.25, 0.3) is 0 Å². The van der Waals surface area contributed by atoms with E-state index in [1.807, 2.05) is 0 Å². The van der Waals surface area contributed by atoms with Gasteiger partial charge >= 0.3 is 0 Å². The van der Waals surface area contributed by atoms with E-state index < -0.39 is 0 Å². The molecule has 1 heteroatoms. The summed E-state index contributed by atoms with van der Waals surface area (Å²) >= 11 is 0. The predicted molar refractivity (Wildman–Crippen MR) is 78.2 cm³/mol. The van der Waals surface area contributed by atoms with Gasteiger partial charge in [0.05, 0.1) is 0 Å². The van der Waals surface area contributed by atoms with Gasteiger partial charge in [0.2, 0.25) is 0 Å². The maximum absolute atomic E-state index is 3.06. The molecule has 1 unspecified atom stereocenters. The van der Waals surface area contributed by atoms with E-state index >= 15 is 0 Å². The van der Waals surface area contributed by atoms with Crippen molar-refractivity contribution in [2.75, 3.05) is 0 Å². The van der Waals surface area contributed by atoms with Gasteiger partial charge in [-0.25, -0.2) is 0 Å². The summed E-state index contributed by atoms with van der Waals surface area (Å²) in [7, 11) is 3.06. The van der Waals surface area contributed by atoms with Gasteiger partial charge in [-0.3, -0.25) is 0 Å². The van der Waals surface area contributed by atoms with E-state index in [2.05, 4.69) is 83.8 Å². The van der Waals surface area contributed by atoms with Gasteiger partial charge < -0.3 is 0 Å². The van der Waals surface area contributed by atoms with Crippen molar-refractivity contribution in [1.82, 2.24) is 0 Å². The summed E-state index contributed by atoms with van der Waals surface area (Å²) in [6.45, 7) is 4.54. The van der Waals surface area contributed by atoms with Crippen LogP contribution in [0.3, 0.4) is 0 Å². The summed E-state index contributed by atoms with van der Waals surface area (Å²) < 4.78 is 0. The number of rotatable bonds is 3. The number of hydrogen-bond acceptors (Lipinski definition) is 0. The van der Waals surface area contributed by atoms with Crippen LogP contribution in [0.5, 0.6) is 0 Å². The van der Waals surface area contributed by atoms with Crippen LogP contribution in [0.4, 0.5) is 0 Å². The summed E-state index contributed by atoms with van der Waals surface area (Å²) in [4.78, 5) is 0. The molecule has 0 aromatic heterocycles. The van der Waals surface area contributed by atoms with Crippen molar-refractivity contribution < 1.29 is 0 Å². The first-order valence-electron chi connectivity index (χ1n) is 6.05. The highest BCUT2D eigenvalue weighted by Crippen LogP contribution is 2.44. The van der Waals surface area contributed by atoms with Gasteiger partial charge in [0.1, 0.15) is 0 Å². The quantitative estimate of drug-likeness (QED) is 0.697. The highest BCUT2D eigenvalue weighted by molar-refractivity contribution is 7.19. The van der Waals surface area contributed by atoms with Crippen LogP contribution in [0.15, 0.2) is 60.7 Å². The minimum atomic E-state index is 0.00250. The average Bonchev–Trinajstić information content (AvgIpc) is 2.39. The van der Waals surface area contributed by atoms with Crippen LogP contribution in [0.1, 0.15) is 25.0 Å². The molecule has 0 aliphatic heterocycles. The molecular formula is C16H19P. The molecule has 0 N–H and O–H groups in total. The fourth-order valence-corrected chi connectivity index (χ4v) is 2.65. The number of benzene rings is 2. The van der Waals surface area contributed by atoms with E-state index in [4.69, 9.17) is 0 Å². The third kappa shape index (κ3) is 2.28. The lowest BCUT2D eigenvalue weighted by Gasteiger charge is -2.35. The third-order valence-corrected chi connectivity index (χ3v) is 4.75. The first kappa shape index (κ1) is 12.3. The Bertz CT molecular complexity index is 420. The van der Waals surface area contributed by atoms with E-state index in [0.29, 0.717) is 5.92 Å². The Hall–Kier alpha value is -1.13. The van der Waals surface area contributed by atoms with Gasteiger partial charge in [0.15, 0.2) is 0 Å². The van der Waals surface area contributed by atoms with Crippen molar-refractivity contribution in [3.05, 3.63) is 71.8 Å². The molecule has 0 aliphatic carbocycles. The molecule has 0 aliphatic rings. The van der Waals surface area contributed by atoms with Crippen LogP contribution in [-0.4, -0.2) is 0 Å². The van der Waals surface area contributed by atoms with Crippen LogP contribution in [-0.2, 0) is 5.16 Å². The molecule has 0 fully saturated rings. The van der Waals surface area contributed by atoms with Crippen molar-refractivity contribution in [1.29, 1.82) is 0 Å². The molecule has 17 heavy (non-hydrogen) atoms. The van der Waals surface area contributed by atoms with E-state index in [1.54, 1.807) is 0 Å². The number of hydrogen-bond donors (Lipinski definition) is 0. The van der Waals surface area contributed by atoms with Gasteiger partial charge in [-0.1, -0.05) is 74.5 Å². The van der Waals surface area contributed by atoms with E-state index in [-0.39, 0.29) is 5.16 Å². The summed E-state index contributed by atoms with van der Waals surface area (Å²) in [6.07, 6.45) is 0. The van der Waals surface area contributed by atoms with Gasteiger partial charge in [-0.15, -0.1) is 9.24 Å². The Morgan fingerprint density at radius 3 is 1.41 bits per heavy atom. The Morgan fingerprint density at radius 1 is 0.765 bits per heavy atom. The SMILES string of the molecule is CC(C)C(P)(c1ccccc1)c1ccccc1. The highest BCUT2D eigenvalue weighted by atomic mass is 31.0. The summed E-state index contributed by atoms with van der Waals surface area (Å²) in [5.41, 5.74) is 2.71. The van der Waals surface area contributed by atoms with Crippen LogP contribution in [0, 0.1) is 5.92 Å². The maximum Gasteiger partial charge on any atom is 0.0367 e. The zero-order valence-corrected chi connectivity index (χ0v) is 11.6. The van der Waals surface area contributed by atoms with Gasteiger partial charge in [-0.05, 0) is 17.0 Å². The summed E-state index contributed by atoms with van der Waals surface area (Å²) in [5.74, 6) is 0.525. The molecule has 2 rings (SSSR count). The molecule has 0 spiro atoms. The van der Waals surface area contributed by atoms with Gasteiger partial charge in [-0.2, -0.15) is 0 Å². The molecule has 88 valence electrons. The first-order chi connectivity index (χ1) is 8.15. The molecule has 2 aromatic rings. The van der Waals surface area contributed by atoms with Crippen molar-refractivity contribution in [2.45, 2.75) is 19.0 Å².